The van der Waals surface area contributed by atoms with Gasteiger partial charge in [0.05, 0.1) is 12.8 Å². The van der Waals surface area contributed by atoms with Crippen molar-refractivity contribution in [2.24, 2.45) is 0 Å². The first-order valence-corrected chi connectivity index (χ1v) is 8.87. The lowest BCUT2D eigenvalue weighted by Crippen LogP contribution is -2.34. The topological polar surface area (TPSA) is 59.4 Å². The van der Waals surface area contributed by atoms with Gasteiger partial charge < -0.3 is 19.5 Å². The number of amides is 1. The molecule has 4 rings (SSSR count). The number of rotatable bonds is 5. The van der Waals surface area contributed by atoms with Crippen LogP contribution in [0.4, 0.5) is 0 Å². The highest BCUT2D eigenvalue weighted by molar-refractivity contribution is 5.98. The van der Waals surface area contributed by atoms with E-state index in [1.165, 1.54) is 19.4 Å². The van der Waals surface area contributed by atoms with E-state index in [1.54, 1.807) is 6.20 Å². The van der Waals surface area contributed by atoms with Gasteiger partial charge in [0.15, 0.2) is 0 Å². The summed E-state index contributed by atoms with van der Waals surface area (Å²) in [7, 11) is 0. The second-order valence-electron chi connectivity index (χ2n) is 6.75. The van der Waals surface area contributed by atoms with Crippen molar-refractivity contribution in [3.63, 3.8) is 0 Å². The summed E-state index contributed by atoms with van der Waals surface area (Å²) < 4.78 is 7.85. The van der Waals surface area contributed by atoms with Crippen LogP contribution < -0.4 is 10.1 Å². The minimum atomic E-state index is -0.0264. The minimum absolute atomic E-state index is 0.0264. The van der Waals surface area contributed by atoms with Crippen LogP contribution in [-0.4, -0.2) is 52.6 Å². The first-order chi connectivity index (χ1) is 11.7. The maximum atomic E-state index is 11.9. The number of likely N-dealkylation sites (tertiary alicyclic amines) is 1. The van der Waals surface area contributed by atoms with E-state index in [1.807, 2.05) is 16.7 Å². The molecule has 1 fully saturated rings. The molecule has 0 radical (unpaired) electrons. The monoisotopic (exact) mass is 328 g/mol. The van der Waals surface area contributed by atoms with Gasteiger partial charge in [-0.2, -0.15) is 0 Å². The van der Waals surface area contributed by atoms with Crippen LogP contribution >= 0.6 is 0 Å². The number of hydrogen-bond acceptors (Lipinski definition) is 4. The zero-order valence-corrected chi connectivity index (χ0v) is 14.1. The number of aromatic nitrogens is 2. The number of carbonyl (C=O) groups is 1. The summed E-state index contributed by atoms with van der Waals surface area (Å²) in [5, 5.41) is 3.83. The molecular weight excluding hydrogens is 304 g/mol. The van der Waals surface area contributed by atoms with Gasteiger partial charge in [0.1, 0.15) is 17.1 Å². The average Bonchev–Trinajstić information content (AvgIpc) is 3.16. The summed E-state index contributed by atoms with van der Waals surface area (Å²) in [6, 6.07) is 4.59. The van der Waals surface area contributed by atoms with E-state index in [0.29, 0.717) is 24.9 Å². The minimum Gasteiger partial charge on any atom is -0.492 e. The van der Waals surface area contributed by atoms with Crippen LogP contribution in [0.3, 0.4) is 0 Å². The van der Waals surface area contributed by atoms with E-state index < -0.39 is 0 Å². The van der Waals surface area contributed by atoms with Gasteiger partial charge in [0.2, 0.25) is 0 Å². The van der Waals surface area contributed by atoms with Crippen molar-refractivity contribution >= 4 is 16.9 Å². The van der Waals surface area contributed by atoms with E-state index in [2.05, 4.69) is 22.1 Å². The van der Waals surface area contributed by atoms with Gasteiger partial charge in [0.25, 0.3) is 5.91 Å². The lowest BCUT2D eigenvalue weighted by Gasteiger charge is -2.20. The second-order valence-corrected chi connectivity index (χ2v) is 6.75. The Hall–Kier alpha value is -2.08. The standard InChI is InChI=1S/C18H24N4O2/c1-13-4-2-6-21(13)7-3-9-24-15-10-14-11-16-18(23)19-5-8-22(16)17(14)20-12-15/h10-13H,2-9H2,1H3,(H,19,23)/t13-/m1/s1. The molecule has 1 saturated heterocycles. The number of fused-ring (bicyclic) bond motifs is 3. The van der Waals surface area contributed by atoms with Gasteiger partial charge in [-0.1, -0.05) is 0 Å². The number of carbonyl (C=O) groups excluding carboxylic acids is 1. The quantitative estimate of drug-likeness (QED) is 0.853. The molecule has 0 bridgehead atoms. The van der Waals surface area contributed by atoms with E-state index in [9.17, 15) is 4.79 Å². The zero-order chi connectivity index (χ0) is 16.5. The van der Waals surface area contributed by atoms with Crippen molar-refractivity contribution in [2.75, 3.05) is 26.2 Å². The molecule has 2 aromatic rings. The summed E-state index contributed by atoms with van der Waals surface area (Å²) in [6.07, 6.45) is 5.42. The number of hydrogen-bond donors (Lipinski definition) is 1. The smallest absolute Gasteiger partial charge is 0.268 e. The summed E-state index contributed by atoms with van der Waals surface area (Å²) in [5.41, 5.74) is 1.54. The summed E-state index contributed by atoms with van der Waals surface area (Å²) >= 11 is 0. The van der Waals surface area contributed by atoms with Gasteiger partial charge in [0, 0.05) is 31.1 Å². The maximum absolute atomic E-state index is 11.9. The van der Waals surface area contributed by atoms with E-state index >= 15 is 0 Å². The maximum Gasteiger partial charge on any atom is 0.268 e. The molecule has 0 saturated carbocycles. The molecule has 1 atom stereocenters. The van der Waals surface area contributed by atoms with Crippen LogP contribution in [0.5, 0.6) is 5.75 Å². The Kier molecular flexibility index (Phi) is 4.14. The molecule has 6 nitrogen and oxygen atoms in total. The fraction of sp³-hybridized carbons (Fsp3) is 0.556. The predicted molar refractivity (Wildman–Crippen MR) is 92.4 cm³/mol. The Balaban J connectivity index is 1.39. The molecule has 1 N–H and O–H groups in total. The average molecular weight is 328 g/mol. The van der Waals surface area contributed by atoms with Gasteiger partial charge in [-0.3, -0.25) is 4.79 Å². The van der Waals surface area contributed by atoms with Crippen LogP contribution in [0.2, 0.25) is 0 Å². The van der Waals surface area contributed by atoms with Crippen LogP contribution in [0, 0.1) is 0 Å². The number of nitrogens with zero attached hydrogens (tertiary/aromatic N) is 3. The van der Waals surface area contributed by atoms with Crippen molar-refractivity contribution in [3.8, 4) is 5.75 Å². The third-order valence-corrected chi connectivity index (χ3v) is 5.11. The van der Waals surface area contributed by atoms with Crippen LogP contribution in [-0.2, 0) is 6.54 Å². The number of nitrogens with one attached hydrogen (secondary N) is 1. The summed E-state index contributed by atoms with van der Waals surface area (Å²) in [5.74, 6) is 0.752. The number of pyridine rings is 1. The van der Waals surface area contributed by atoms with E-state index in [-0.39, 0.29) is 5.91 Å². The van der Waals surface area contributed by atoms with Crippen molar-refractivity contribution in [2.45, 2.75) is 38.8 Å². The fourth-order valence-electron chi connectivity index (χ4n) is 3.77. The summed E-state index contributed by atoms with van der Waals surface area (Å²) in [4.78, 5) is 18.9. The summed E-state index contributed by atoms with van der Waals surface area (Å²) in [6.45, 7) is 6.74. The Bertz CT molecular complexity index is 755. The second kappa shape index (κ2) is 6.43. The van der Waals surface area contributed by atoms with Crippen LogP contribution in [0.25, 0.3) is 11.0 Å². The van der Waals surface area contributed by atoms with Crippen molar-refractivity contribution in [1.29, 1.82) is 0 Å². The molecule has 0 aliphatic carbocycles. The Labute approximate surface area is 141 Å². The number of ether oxygens (including phenoxy) is 1. The van der Waals surface area contributed by atoms with Crippen LogP contribution in [0.1, 0.15) is 36.7 Å². The first-order valence-electron chi connectivity index (χ1n) is 8.87. The van der Waals surface area contributed by atoms with Crippen molar-refractivity contribution in [3.05, 3.63) is 24.0 Å². The fourth-order valence-corrected chi connectivity index (χ4v) is 3.77. The molecule has 0 spiro atoms. The van der Waals surface area contributed by atoms with Gasteiger partial charge >= 0.3 is 0 Å². The van der Waals surface area contributed by atoms with Gasteiger partial charge in [-0.05, 0) is 44.9 Å². The van der Waals surface area contributed by atoms with E-state index in [4.69, 9.17) is 4.74 Å². The Morgan fingerprint density at radius 2 is 2.29 bits per heavy atom. The van der Waals surface area contributed by atoms with Gasteiger partial charge in [-0.25, -0.2) is 4.98 Å². The van der Waals surface area contributed by atoms with Crippen LogP contribution in [0.15, 0.2) is 18.3 Å². The lowest BCUT2D eigenvalue weighted by molar-refractivity contribution is 0.0929. The molecule has 2 aliphatic heterocycles. The largest absolute Gasteiger partial charge is 0.492 e. The Morgan fingerprint density at radius 3 is 3.12 bits per heavy atom. The molecular formula is C18H24N4O2. The molecule has 6 heteroatoms. The zero-order valence-electron chi connectivity index (χ0n) is 14.1. The van der Waals surface area contributed by atoms with Crippen molar-refractivity contribution < 1.29 is 9.53 Å². The molecule has 0 unspecified atom stereocenters. The highest BCUT2D eigenvalue weighted by Gasteiger charge is 2.21. The third kappa shape index (κ3) is 2.86. The predicted octanol–water partition coefficient (Wildman–Crippen LogP) is 2.03. The van der Waals surface area contributed by atoms with Gasteiger partial charge in [-0.15, -0.1) is 0 Å². The Morgan fingerprint density at radius 1 is 1.38 bits per heavy atom. The molecule has 4 heterocycles. The molecule has 1 amide bonds. The molecule has 2 aliphatic rings. The molecule has 128 valence electrons. The first kappa shape index (κ1) is 15.4. The molecule has 2 aromatic heterocycles. The molecule has 0 aromatic carbocycles. The molecule has 24 heavy (non-hydrogen) atoms. The normalized spacial score (nSPS) is 21.0. The highest BCUT2D eigenvalue weighted by atomic mass is 16.5. The van der Waals surface area contributed by atoms with E-state index in [0.717, 1.165) is 36.3 Å². The lowest BCUT2D eigenvalue weighted by atomic mass is 10.2. The highest BCUT2D eigenvalue weighted by Crippen LogP contribution is 2.24. The SMILES string of the molecule is C[C@@H]1CCCN1CCCOc1cnc2c(c1)cc1n2CCNC1=O. The van der Waals surface area contributed by atoms with Crippen molar-refractivity contribution in [1.82, 2.24) is 19.8 Å². The third-order valence-electron chi connectivity index (χ3n) is 5.11.